The van der Waals surface area contributed by atoms with Gasteiger partial charge in [-0.2, -0.15) is 0 Å². The predicted octanol–water partition coefficient (Wildman–Crippen LogP) is 6.50. The molecule has 1 N–H and O–H groups in total. The first-order valence-electron chi connectivity index (χ1n) is 12.0. The minimum atomic E-state index is -2.28. The Bertz CT molecular complexity index is 752. The lowest BCUT2D eigenvalue weighted by Crippen LogP contribution is -2.43. The van der Waals surface area contributed by atoms with Crippen LogP contribution >= 0.6 is 0 Å². The molecule has 180 valence electrons. The normalized spacial score (nSPS) is 23.3. The molecule has 0 aliphatic heterocycles. The van der Waals surface area contributed by atoms with Crippen molar-refractivity contribution in [3.63, 3.8) is 0 Å². The summed E-state index contributed by atoms with van der Waals surface area (Å²) in [5.41, 5.74) is 1.69. The molecular formula is C26H44O4Si2. The average molecular weight is 477 g/mol. The SMILES string of the molecule is CC(C)(C[C@H]1C=C(C/C=C/CC2=C[C@H](O[Si](C)(C)C(C)(C)C)CC2=O)C(=O)C1)[Si](C)(C)O. The van der Waals surface area contributed by atoms with Crippen LogP contribution in [0.15, 0.2) is 35.5 Å². The lowest BCUT2D eigenvalue weighted by molar-refractivity contribution is -0.116. The van der Waals surface area contributed by atoms with Gasteiger partial charge in [0.1, 0.15) is 0 Å². The molecule has 2 rings (SSSR count). The van der Waals surface area contributed by atoms with E-state index in [0.29, 0.717) is 25.7 Å². The van der Waals surface area contributed by atoms with Gasteiger partial charge in [0.05, 0.1) is 6.10 Å². The lowest BCUT2D eigenvalue weighted by atomic mass is 9.96. The zero-order valence-corrected chi connectivity index (χ0v) is 23.7. The smallest absolute Gasteiger partial charge is 0.192 e. The van der Waals surface area contributed by atoms with Crippen LogP contribution in [0.4, 0.5) is 0 Å². The van der Waals surface area contributed by atoms with Crippen molar-refractivity contribution < 1.29 is 18.8 Å². The molecular weight excluding hydrogens is 432 g/mol. The van der Waals surface area contributed by atoms with Crippen LogP contribution in [0, 0.1) is 5.92 Å². The first-order chi connectivity index (χ1) is 14.4. The molecule has 32 heavy (non-hydrogen) atoms. The number of allylic oxidation sites excluding steroid dienone is 5. The van der Waals surface area contributed by atoms with Crippen LogP contribution in [0.1, 0.15) is 66.7 Å². The molecule has 6 heteroatoms. The van der Waals surface area contributed by atoms with E-state index >= 15 is 0 Å². The highest BCUT2D eigenvalue weighted by Crippen LogP contribution is 2.44. The van der Waals surface area contributed by atoms with Crippen LogP contribution in [0.3, 0.4) is 0 Å². The van der Waals surface area contributed by atoms with E-state index in [1.165, 1.54) is 0 Å². The number of rotatable bonds is 9. The average Bonchev–Trinajstić information content (AvgIpc) is 3.10. The second-order valence-corrected chi connectivity index (χ2v) is 21.6. The molecule has 0 heterocycles. The van der Waals surface area contributed by atoms with Gasteiger partial charge in [0.2, 0.25) is 0 Å². The van der Waals surface area contributed by atoms with Gasteiger partial charge >= 0.3 is 0 Å². The molecule has 0 aromatic heterocycles. The standard InChI is InChI=1S/C26H44O4Si2/c1-25(2,3)32(8,9)30-22-16-21(24(28)17-22)13-11-10-12-20-14-19(15-23(20)27)18-26(4,5)31(6,7)29/h10-11,14,16,19,22,29H,12-13,15,17-18H2,1-9H3/b11-10+/t19-,22-/m0/s1. The van der Waals surface area contributed by atoms with E-state index in [4.69, 9.17) is 4.43 Å². The molecule has 0 unspecified atom stereocenters. The van der Waals surface area contributed by atoms with Gasteiger partial charge in [0.15, 0.2) is 28.2 Å². The van der Waals surface area contributed by atoms with E-state index in [-0.39, 0.29) is 33.7 Å². The molecule has 4 nitrogen and oxygen atoms in total. The van der Waals surface area contributed by atoms with E-state index < -0.39 is 16.6 Å². The highest BCUT2D eigenvalue weighted by Gasteiger charge is 2.41. The molecule has 0 spiro atoms. The number of carbonyl (C=O) groups excluding carboxylic acids is 2. The third-order valence-corrected chi connectivity index (χ3v) is 15.9. The molecule has 2 aliphatic carbocycles. The van der Waals surface area contributed by atoms with Crippen molar-refractivity contribution in [2.75, 3.05) is 0 Å². The van der Waals surface area contributed by atoms with Crippen molar-refractivity contribution in [3.05, 3.63) is 35.5 Å². The quantitative estimate of drug-likeness (QED) is 0.305. The summed E-state index contributed by atoms with van der Waals surface area (Å²) in [5, 5.41) is -0.00561. The van der Waals surface area contributed by atoms with Gasteiger partial charge in [-0.1, -0.05) is 52.8 Å². The minimum Gasteiger partial charge on any atom is -0.432 e. The molecule has 0 amide bonds. The fourth-order valence-corrected chi connectivity index (χ4v) is 5.97. The third kappa shape index (κ3) is 6.72. The molecule has 0 bridgehead atoms. The molecule has 0 aromatic carbocycles. The van der Waals surface area contributed by atoms with E-state index in [1.807, 2.05) is 31.3 Å². The van der Waals surface area contributed by atoms with Gasteiger partial charge in [-0.05, 0) is 78.7 Å². The van der Waals surface area contributed by atoms with Gasteiger partial charge in [0, 0.05) is 12.8 Å². The molecule has 0 saturated carbocycles. The van der Waals surface area contributed by atoms with Gasteiger partial charge in [-0.3, -0.25) is 9.59 Å². The fraction of sp³-hybridized carbons (Fsp3) is 0.692. The van der Waals surface area contributed by atoms with E-state index in [9.17, 15) is 14.4 Å². The van der Waals surface area contributed by atoms with Crippen LogP contribution in [-0.2, 0) is 14.0 Å². The summed E-state index contributed by atoms with van der Waals surface area (Å²) in [6.45, 7) is 19.2. The molecule has 2 atom stereocenters. The second kappa shape index (κ2) is 9.65. The third-order valence-electron chi connectivity index (χ3n) is 7.90. The highest BCUT2D eigenvalue weighted by atomic mass is 28.4. The Kier molecular flexibility index (Phi) is 8.19. The van der Waals surface area contributed by atoms with Gasteiger partial charge < -0.3 is 9.22 Å². The summed E-state index contributed by atoms with van der Waals surface area (Å²) in [5.74, 6) is 0.603. The maximum atomic E-state index is 12.4. The topological polar surface area (TPSA) is 63.6 Å². The van der Waals surface area contributed by atoms with Crippen LogP contribution in [-0.4, -0.2) is 39.1 Å². The first-order valence-corrected chi connectivity index (χ1v) is 17.8. The number of Topliss-reactive ketones (excluding diaryl/α,β-unsaturated/α-hetero) is 2. The lowest BCUT2D eigenvalue weighted by Gasteiger charge is -2.37. The number of hydrogen-bond donors (Lipinski definition) is 1. The Morgan fingerprint density at radius 2 is 1.44 bits per heavy atom. The van der Waals surface area contributed by atoms with Gasteiger partial charge in [-0.15, -0.1) is 0 Å². The Morgan fingerprint density at radius 1 is 0.938 bits per heavy atom. The monoisotopic (exact) mass is 476 g/mol. The Balaban J connectivity index is 1.92. The number of carbonyl (C=O) groups is 2. The van der Waals surface area contributed by atoms with Gasteiger partial charge in [-0.25, -0.2) is 0 Å². The van der Waals surface area contributed by atoms with Crippen molar-refractivity contribution in [1.82, 2.24) is 0 Å². The first kappa shape index (κ1) is 27.2. The van der Waals surface area contributed by atoms with E-state index in [1.54, 1.807) is 0 Å². The van der Waals surface area contributed by atoms with Gasteiger partial charge in [0.25, 0.3) is 0 Å². The highest BCUT2D eigenvalue weighted by molar-refractivity contribution is 6.74. The maximum absolute atomic E-state index is 12.4. The zero-order valence-electron chi connectivity index (χ0n) is 21.7. The Hall–Kier alpha value is -1.09. The summed E-state index contributed by atoms with van der Waals surface area (Å²) in [7, 11) is -4.18. The largest absolute Gasteiger partial charge is 0.432 e. The van der Waals surface area contributed by atoms with Crippen LogP contribution in [0.25, 0.3) is 0 Å². The van der Waals surface area contributed by atoms with Crippen LogP contribution < -0.4 is 0 Å². The summed E-state index contributed by atoms with van der Waals surface area (Å²) >= 11 is 0. The fourth-order valence-electron chi connectivity index (χ4n) is 3.95. The number of hydrogen-bond acceptors (Lipinski definition) is 4. The Morgan fingerprint density at radius 3 is 1.94 bits per heavy atom. The van der Waals surface area contributed by atoms with Crippen LogP contribution in [0.5, 0.6) is 0 Å². The van der Waals surface area contributed by atoms with E-state index in [2.05, 4.69) is 53.8 Å². The Labute approximate surface area is 197 Å². The van der Waals surface area contributed by atoms with Crippen LogP contribution in [0.2, 0.25) is 36.3 Å². The summed E-state index contributed by atoms with van der Waals surface area (Å²) in [6.07, 6.45) is 11.1. The van der Waals surface area contributed by atoms with Crippen molar-refractivity contribution >= 4 is 28.2 Å². The summed E-state index contributed by atoms with van der Waals surface area (Å²) in [4.78, 5) is 35.4. The molecule has 2 aliphatic rings. The predicted molar refractivity (Wildman–Crippen MR) is 138 cm³/mol. The van der Waals surface area contributed by atoms with Crippen molar-refractivity contribution in [1.29, 1.82) is 0 Å². The summed E-state index contributed by atoms with van der Waals surface area (Å²) < 4.78 is 6.39. The maximum Gasteiger partial charge on any atom is 0.192 e. The minimum absolute atomic E-state index is 0.102. The number of ketones is 2. The van der Waals surface area contributed by atoms with Crippen molar-refractivity contribution in [3.8, 4) is 0 Å². The molecule has 0 fully saturated rings. The summed E-state index contributed by atoms with van der Waals surface area (Å²) in [6, 6.07) is 0. The van der Waals surface area contributed by atoms with E-state index in [0.717, 1.165) is 17.6 Å². The second-order valence-electron chi connectivity index (χ2n) is 12.3. The molecule has 0 aromatic rings. The zero-order chi connectivity index (χ0) is 24.5. The molecule has 0 saturated heterocycles. The van der Waals surface area contributed by atoms with Crippen molar-refractivity contribution in [2.24, 2.45) is 5.92 Å². The molecule has 0 radical (unpaired) electrons. The van der Waals surface area contributed by atoms with Crippen molar-refractivity contribution in [2.45, 2.75) is 109 Å².